The zero-order chi connectivity index (χ0) is 20.1. The average molecular weight is 383 g/mol. The van der Waals surface area contributed by atoms with Gasteiger partial charge in [-0.2, -0.15) is 0 Å². The Hall–Kier alpha value is -2.87. The van der Waals surface area contributed by atoms with E-state index in [4.69, 9.17) is 11.1 Å². The third kappa shape index (κ3) is 4.76. The Kier molecular flexibility index (Phi) is 6.09. The highest BCUT2D eigenvalue weighted by Crippen LogP contribution is 2.35. The summed E-state index contributed by atoms with van der Waals surface area (Å²) in [5.74, 6) is 1.12. The minimum absolute atomic E-state index is 0.211. The highest BCUT2D eigenvalue weighted by molar-refractivity contribution is 6.06. The summed E-state index contributed by atoms with van der Waals surface area (Å²) in [6, 6.07) is 21.3. The lowest BCUT2D eigenvalue weighted by atomic mass is 9.80. The molecule has 0 bridgehead atoms. The number of nitrogens with one attached hydrogen (secondary N) is 1. The normalized spacial score (nSPS) is 24.8. The summed E-state index contributed by atoms with van der Waals surface area (Å²) in [5.41, 5.74) is 11.7. The van der Waals surface area contributed by atoms with Crippen molar-refractivity contribution in [3.8, 4) is 0 Å². The van der Waals surface area contributed by atoms with E-state index >= 15 is 0 Å². The van der Waals surface area contributed by atoms with Crippen LogP contribution in [0.3, 0.4) is 0 Å². The number of benzene rings is 2. The van der Waals surface area contributed by atoms with E-state index in [1.165, 1.54) is 11.1 Å². The van der Waals surface area contributed by atoms with E-state index in [0.29, 0.717) is 17.5 Å². The lowest BCUT2D eigenvalue weighted by Gasteiger charge is -2.26. The molecule has 2 heteroatoms. The Morgan fingerprint density at radius 3 is 2.38 bits per heavy atom. The van der Waals surface area contributed by atoms with Crippen LogP contribution >= 0.6 is 0 Å². The number of nitrogens with two attached hydrogens (primary N) is 1. The number of hydrogen-bond donors (Lipinski definition) is 2. The van der Waals surface area contributed by atoms with Crippen molar-refractivity contribution in [2.45, 2.75) is 43.9 Å². The third-order valence-corrected chi connectivity index (χ3v) is 6.27. The van der Waals surface area contributed by atoms with Crippen molar-refractivity contribution in [1.29, 1.82) is 5.41 Å². The van der Waals surface area contributed by atoms with Crippen molar-refractivity contribution in [3.05, 3.63) is 107 Å². The van der Waals surface area contributed by atoms with Crippen LogP contribution in [0.1, 0.15) is 55.1 Å². The van der Waals surface area contributed by atoms with Gasteiger partial charge in [-0.25, -0.2) is 0 Å². The molecular weight excluding hydrogens is 352 g/mol. The fourth-order valence-electron chi connectivity index (χ4n) is 4.61. The summed E-state index contributed by atoms with van der Waals surface area (Å²) in [7, 11) is 0. The van der Waals surface area contributed by atoms with Gasteiger partial charge in [-0.1, -0.05) is 78.9 Å². The second-order valence-electron chi connectivity index (χ2n) is 8.27. The van der Waals surface area contributed by atoms with Crippen LogP contribution in [0.25, 0.3) is 0 Å². The molecule has 0 saturated heterocycles. The number of allylic oxidation sites excluding steroid dienone is 5. The molecule has 2 nitrogen and oxygen atoms in total. The molecule has 3 atom stereocenters. The van der Waals surface area contributed by atoms with E-state index in [0.717, 1.165) is 43.4 Å². The van der Waals surface area contributed by atoms with Crippen LogP contribution in [0.15, 0.2) is 96.2 Å². The molecule has 2 aliphatic rings. The zero-order valence-corrected chi connectivity index (χ0v) is 16.9. The molecule has 0 spiro atoms. The van der Waals surface area contributed by atoms with Gasteiger partial charge < -0.3 is 11.1 Å². The first-order valence-electron chi connectivity index (χ1n) is 10.7. The van der Waals surface area contributed by atoms with Crippen LogP contribution in [-0.2, 0) is 0 Å². The Morgan fingerprint density at radius 2 is 1.66 bits per heavy atom. The van der Waals surface area contributed by atoms with Crippen molar-refractivity contribution in [2.24, 2.45) is 11.7 Å². The van der Waals surface area contributed by atoms with E-state index in [1.54, 1.807) is 0 Å². The fourth-order valence-corrected chi connectivity index (χ4v) is 4.61. The van der Waals surface area contributed by atoms with Crippen molar-refractivity contribution in [3.63, 3.8) is 0 Å². The van der Waals surface area contributed by atoms with Gasteiger partial charge in [0.15, 0.2) is 0 Å². The van der Waals surface area contributed by atoms with Crippen LogP contribution in [0, 0.1) is 11.3 Å². The molecule has 0 amide bonds. The van der Waals surface area contributed by atoms with Gasteiger partial charge in [0.2, 0.25) is 0 Å². The van der Waals surface area contributed by atoms with Crippen LogP contribution in [-0.4, -0.2) is 5.71 Å². The van der Waals surface area contributed by atoms with Crippen LogP contribution < -0.4 is 5.73 Å². The Labute approximate surface area is 174 Å². The SMILES string of the molecule is N=C(/C=C(\N)C1C=CCC(c2ccccc2)C1)C1=CC(c2ccccc2)CCC1. The van der Waals surface area contributed by atoms with E-state index in [9.17, 15) is 0 Å². The van der Waals surface area contributed by atoms with Gasteiger partial charge >= 0.3 is 0 Å². The van der Waals surface area contributed by atoms with Gasteiger partial charge in [-0.15, -0.1) is 0 Å². The predicted molar refractivity (Wildman–Crippen MR) is 122 cm³/mol. The fraction of sp³-hybridized carbons (Fsp3) is 0.296. The van der Waals surface area contributed by atoms with Crippen molar-refractivity contribution in [2.75, 3.05) is 0 Å². The lowest BCUT2D eigenvalue weighted by molar-refractivity contribution is 0.528. The van der Waals surface area contributed by atoms with Gasteiger partial charge in [0.1, 0.15) is 0 Å². The summed E-state index contributed by atoms with van der Waals surface area (Å²) in [5, 5.41) is 8.65. The van der Waals surface area contributed by atoms with Crippen LogP contribution in [0.5, 0.6) is 0 Å². The quantitative estimate of drug-likeness (QED) is 0.450. The molecule has 29 heavy (non-hydrogen) atoms. The molecule has 0 aliphatic heterocycles. The molecule has 0 aromatic heterocycles. The summed E-state index contributed by atoms with van der Waals surface area (Å²) in [6.07, 6.45) is 14.0. The predicted octanol–water partition coefficient (Wildman–Crippen LogP) is 6.49. The number of hydrogen-bond acceptors (Lipinski definition) is 2. The molecule has 2 aromatic rings. The van der Waals surface area contributed by atoms with E-state index in [1.807, 2.05) is 6.08 Å². The number of rotatable bonds is 5. The molecule has 3 N–H and O–H groups in total. The first-order chi connectivity index (χ1) is 14.2. The Morgan fingerprint density at radius 1 is 0.966 bits per heavy atom. The summed E-state index contributed by atoms with van der Waals surface area (Å²) < 4.78 is 0. The first-order valence-corrected chi connectivity index (χ1v) is 10.7. The average Bonchev–Trinajstić information content (AvgIpc) is 2.80. The minimum Gasteiger partial charge on any atom is -0.401 e. The van der Waals surface area contributed by atoms with Crippen molar-refractivity contribution in [1.82, 2.24) is 0 Å². The molecule has 0 saturated carbocycles. The molecular formula is C27H30N2. The highest BCUT2D eigenvalue weighted by Gasteiger charge is 2.22. The molecule has 2 aliphatic carbocycles. The largest absolute Gasteiger partial charge is 0.401 e. The van der Waals surface area contributed by atoms with Gasteiger partial charge in [-0.05, 0) is 60.8 Å². The maximum atomic E-state index is 8.65. The second-order valence-corrected chi connectivity index (χ2v) is 8.27. The smallest absolute Gasteiger partial charge is 0.0586 e. The van der Waals surface area contributed by atoms with Crippen LogP contribution in [0.4, 0.5) is 0 Å². The second kappa shape index (κ2) is 9.09. The van der Waals surface area contributed by atoms with Gasteiger partial charge in [0.25, 0.3) is 0 Å². The zero-order valence-electron chi connectivity index (χ0n) is 16.9. The molecule has 3 unspecified atom stereocenters. The summed E-state index contributed by atoms with van der Waals surface area (Å²) in [4.78, 5) is 0. The van der Waals surface area contributed by atoms with Gasteiger partial charge in [0, 0.05) is 17.5 Å². The Bertz CT molecular complexity index is 922. The summed E-state index contributed by atoms with van der Waals surface area (Å²) in [6.45, 7) is 0. The molecule has 148 valence electrons. The van der Waals surface area contributed by atoms with Gasteiger partial charge in [-0.3, -0.25) is 0 Å². The standard InChI is InChI=1S/C27H30N2/c28-26(24-15-7-13-22(17-24)20-9-3-1-4-10-20)19-27(29)25-16-8-14-23(18-25)21-11-5-2-6-12-21/h1-7,9-12,15,18-19,22-24,29H,8,13-14,16-17,28H2/b26-19-,29-27?. The van der Waals surface area contributed by atoms with E-state index in [-0.39, 0.29) is 5.92 Å². The minimum atomic E-state index is 0.211. The van der Waals surface area contributed by atoms with Crippen molar-refractivity contribution >= 4 is 5.71 Å². The molecule has 0 fully saturated rings. The first kappa shape index (κ1) is 19.4. The van der Waals surface area contributed by atoms with Crippen LogP contribution in [0.2, 0.25) is 0 Å². The van der Waals surface area contributed by atoms with E-state index < -0.39 is 0 Å². The highest BCUT2D eigenvalue weighted by atomic mass is 14.6. The summed E-state index contributed by atoms with van der Waals surface area (Å²) >= 11 is 0. The molecule has 2 aromatic carbocycles. The molecule has 0 heterocycles. The molecule has 0 radical (unpaired) electrons. The maximum absolute atomic E-state index is 8.65. The third-order valence-electron chi connectivity index (χ3n) is 6.27. The van der Waals surface area contributed by atoms with Crippen molar-refractivity contribution < 1.29 is 0 Å². The lowest BCUT2D eigenvalue weighted by Crippen LogP contribution is -2.18. The monoisotopic (exact) mass is 382 g/mol. The topological polar surface area (TPSA) is 49.9 Å². The Balaban J connectivity index is 1.47. The van der Waals surface area contributed by atoms with E-state index in [2.05, 4.69) is 78.9 Å². The maximum Gasteiger partial charge on any atom is 0.0586 e. The molecule has 4 rings (SSSR count). The van der Waals surface area contributed by atoms with Gasteiger partial charge in [0.05, 0.1) is 5.71 Å².